The second-order valence-corrected chi connectivity index (χ2v) is 8.23. The molecule has 1 aromatic rings. The Kier molecular flexibility index (Phi) is 6.79. The molecule has 112 valence electrons. The van der Waals surface area contributed by atoms with Gasteiger partial charge in [-0.1, -0.05) is 45.0 Å². The van der Waals surface area contributed by atoms with Crippen molar-refractivity contribution >= 4 is 23.5 Å². The molecule has 1 saturated heterocycles. The molecule has 1 aliphatic rings. The summed E-state index contributed by atoms with van der Waals surface area (Å²) in [6, 6.07) is 9.79. The van der Waals surface area contributed by atoms with Gasteiger partial charge in [0.2, 0.25) is 0 Å². The van der Waals surface area contributed by atoms with E-state index in [1.54, 1.807) is 0 Å². The molecule has 0 aliphatic carbocycles. The zero-order chi connectivity index (χ0) is 14.4. The summed E-state index contributed by atoms with van der Waals surface area (Å²) in [5, 5.41) is 4.48. The van der Waals surface area contributed by atoms with Crippen molar-refractivity contribution in [2.45, 2.75) is 44.4 Å². The van der Waals surface area contributed by atoms with E-state index in [1.807, 2.05) is 0 Å². The van der Waals surface area contributed by atoms with Gasteiger partial charge >= 0.3 is 0 Å². The van der Waals surface area contributed by atoms with Crippen molar-refractivity contribution in [1.29, 1.82) is 0 Å². The molecule has 0 aromatic heterocycles. The first-order chi connectivity index (χ1) is 9.72. The predicted octanol–water partition coefficient (Wildman–Crippen LogP) is 4.70. The van der Waals surface area contributed by atoms with Gasteiger partial charge in [-0.05, 0) is 30.0 Å². The second kappa shape index (κ2) is 8.35. The number of hydrogen-bond acceptors (Lipinski definition) is 3. The third kappa shape index (κ3) is 4.44. The highest BCUT2D eigenvalue weighted by Gasteiger charge is 2.25. The zero-order valence-corrected chi connectivity index (χ0v) is 14.5. The molecule has 20 heavy (non-hydrogen) atoms. The van der Waals surface area contributed by atoms with Crippen LogP contribution in [0.5, 0.6) is 0 Å². The van der Waals surface area contributed by atoms with Gasteiger partial charge in [0, 0.05) is 28.6 Å². The van der Waals surface area contributed by atoms with Gasteiger partial charge in [0.15, 0.2) is 0 Å². The van der Waals surface area contributed by atoms with Crippen LogP contribution in [0.2, 0.25) is 0 Å². The normalized spacial score (nSPS) is 21.1. The summed E-state index contributed by atoms with van der Waals surface area (Å²) in [5.41, 5.74) is 2.90. The molecule has 0 saturated carbocycles. The lowest BCUT2D eigenvalue weighted by Gasteiger charge is -2.31. The number of nitrogens with one attached hydrogen (secondary N) is 1. The first-order valence-electron chi connectivity index (χ1n) is 7.75. The fourth-order valence-electron chi connectivity index (χ4n) is 2.55. The van der Waals surface area contributed by atoms with Gasteiger partial charge in [0.25, 0.3) is 0 Å². The van der Waals surface area contributed by atoms with Crippen LogP contribution >= 0.6 is 23.5 Å². The Hall–Kier alpha value is -0.120. The lowest BCUT2D eigenvalue weighted by Crippen LogP contribution is -2.34. The van der Waals surface area contributed by atoms with Crippen molar-refractivity contribution in [3.8, 4) is 0 Å². The maximum absolute atomic E-state index is 3.77. The Morgan fingerprint density at radius 3 is 2.40 bits per heavy atom. The molecule has 0 spiro atoms. The first kappa shape index (κ1) is 16.3. The quantitative estimate of drug-likeness (QED) is 0.818. The Morgan fingerprint density at radius 1 is 1.15 bits per heavy atom. The van der Waals surface area contributed by atoms with E-state index in [1.165, 1.54) is 34.8 Å². The molecule has 1 aromatic carbocycles. The van der Waals surface area contributed by atoms with E-state index in [0.717, 1.165) is 6.54 Å². The lowest BCUT2D eigenvalue weighted by atomic mass is 9.98. The largest absolute Gasteiger partial charge is 0.309 e. The third-order valence-electron chi connectivity index (χ3n) is 3.79. The van der Waals surface area contributed by atoms with Gasteiger partial charge < -0.3 is 5.32 Å². The maximum Gasteiger partial charge on any atom is 0.0448 e. The molecule has 1 nitrogen and oxygen atoms in total. The molecular formula is C17H27NS2. The summed E-state index contributed by atoms with van der Waals surface area (Å²) in [7, 11) is 0. The number of benzene rings is 1. The highest BCUT2D eigenvalue weighted by atomic mass is 32.2. The van der Waals surface area contributed by atoms with Gasteiger partial charge in [0.05, 0.1) is 0 Å². The Bertz CT molecular complexity index is 382. The SMILES string of the molecule is CCCNC(c1ccc(C(C)C)cc1)C1CSCCS1. The van der Waals surface area contributed by atoms with Crippen molar-refractivity contribution in [3.63, 3.8) is 0 Å². The molecule has 1 N–H and O–H groups in total. The molecule has 1 heterocycles. The Morgan fingerprint density at radius 2 is 1.85 bits per heavy atom. The minimum atomic E-state index is 0.508. The first-order valence-corrected chi connectivity index (χ1v) is 9.95. The number of rotatable bonds is 6. The van der Waals surface area contributed by atoms with Crippen LogP contribution in [0.4, 0.5) is 0 Å². The van der Waals surface area contributed by atoms with Crippen LogP contribution in [0.15, 0.2) is 24.3 Å². The summed E-state index contributed by atoms with van der Waals surface area (Å²) in [6.07, 6.45) is 1.20. The van der Waals surface area contributed by atoms with Crippen LogP contribution in [0, 0.1) is 0 Å². The van der Waals surface area contributed by atoms with Crippen LogP contribution in [0.1, 0.15) is 50.3 Å². The monoisotopic (exact) mass is 309 g/mol. The third-order valence-corrected chi connectivity index (χ3v) is 6.65. The predicted molar refractivity (Wildman–Crippen MR) is 95.1 cm³/mol. The van der Waals surface area contributed by atoms with Crippen LogP contribution in [-0.4, -0.2) is 29.1 Å². The van der Waals surface area contributed by atoms with Gasteiger partial charge in [0.1, 0.15) is 0 Å². The number of thioether (sulfide) groups is 2. The van der Waals surface area contributed by atoms with E-state index in [9.17, 15) is 0 Å². The van der Waals surface area contributed by atoms with E-state index < -0.39 is 0 Å². The van der Waals surface area contributed by atoms with Crippen molar-refractivity contribution < 1.29 is 0 Å². The van der Waals surface area contributed by atoms with Crippen molar-refractivity contribution in [2.75, 3.05) is 23.8 Å². The summed E-state index contributed by atoms with van der Waals surface area (Å²) >= 11 is 4.25. The second-order valence-electron chi connectivity index (χ2n) is 5.74. The molecule has 1 aliphatic heterocycles. The van der Waals surface area contributed by atoms with Crippen molar-refractivity contribution in [2.24, 2.45) is 0 Å². The molecule has 0 bridgehead atoms. The summed E-state index contributed by atoms with van der Waals surface area (Å²) in [5.74, 6) is 4.50. The Balaban J connectivity index is 2.11. The minimum Gasteiger partial charge on any atom is -0.309 e. The maximum atomic E-state index is 3.77. The molecule has 0 amide bonds. The van der Waals surface area contributed by atoms with Crippen molar-refractivity contribution in [1.82, 2.24) is 5.32 Å². The highest BCUT2D eigenvalue weighted by Crippen LogP contribution is 2.34. The molecule has 0 radical (unpaired) electrons. The standard InChI is InChI=1S/C17H27NS2/c1-4-9-18-17(16-12-19-10-11-20-16)15-7-5-14(6-8-15)13(2)3/h5-8,13,16-18H,4,9-12H2,1-3H3. The summed E-state index contributed by atoms with van der Waals surface area (Å²) in [6.45, 7) is 7.87. The average Bonchev–Trinajstić information content (AvgIpc) is 2.49. The minimum absolute atomic E-state index is 0.508. The van der Waals surface area contributed by atoms with E-state index >= 15 is 0 Å². The highest BCUT2D eigenvalue weighted by molar-refractivity contribution is 8.06. The van der Waals surface area contributed by atoms with E-state index in [0.29, 0.717) is 17.2 Å². The van der Waals surface area contributed by atoms with Gasteiger partial charge in [-0.25, -0.2) is 0 Å². The summed E-state index contributed by atoms with van der Waals surface area (Å²) < 4.78 is 0. The fraction of sp³-hybridized carbons (Fsp3) is 0.647. The molecular weight excluding hydrogens is 282 g/mol. The van der Waals surface area contributed by atoms with Gasteiger partial charge in [-0.15, -0.1) is 0 Å². The van der Waals surface area contributed by atoms with E-state index in [4.69, 9.17) is 0 Å². The van der Waals surface area contributed by atoms with E-state index in [-0.39, 0.29) is 0 Å². The van der Waals surface area contributed by atoms with Crippen LogP contribution in [-0.2, 0) is 0 Å². The summed E-state index contributed by atoms with van der Waals surface area (Å²) in [4.78, 5) is 0. The van der Waals surface area contributed by atoms with Crippen LogP contribution in [0.3, 0.4) is 0 Å². The van der Waals surface area contributed by atoms with E-state index in [2.05, 4.69) is 73.9 Å². The van der Waals surface area contributed by atoms with Crippen LogP contribution in [0.25, 0.3) is 0 Å². The molecule has 3 heteroatoms. The molecule has 1 fully saturated rings. The van der Waals surface area contributed by atoms with Crippen LogP contribution < -0.4 is 5.32 Å². The van der Waals surface area contributed by atoms with Crippen molar-refractivity contribution in [3.05, 3.63) is 35.4 Å². The van der Waals surface area contributed by atoms with Gasteiger partial charge in [-0.3, -0.25) is 0 Å². The molecule has 2 unspecified atom stereocenters. The lowest BCUT2D eigenvalue weighted by molar-refractivity contribution is 0.530. The molecule has 2 atom stereocenters. The smallest absolute Gasteiger partial charge is 0.0448 e. The fourth-order valence-corrected chi connectivity index (χ4v) is 5.42. The zero-order valence-electron chi connectivity index (χ0n) is 12.9. The number of hydrogen-bond donors (Lipinski definition) is 1. The Labute approximate surface area is 132 Å². The average molecular weight is 310 g/mol. The topological polar surface area (TPSA) is 12.0 Å². The molecule has 2 rings (SSSR count). The van der Waals surface area contributed by atoms with Gasteiger partial charge in [-0.2, -0.15) is 23.5 Å².